The largest absolute Gasteiger partial charge is 0.493 e. The third-order valence-corrected chi connectivity index (χ3v) is 4.52. The minimum absolute atomic E-state index is 0.0942. The molecule has 0 spiro atoms. The summed E-state index contributed by atoms with van der Waals surface area (Å²) in [5, 5.41) is -0.214. The number of hydrogen-bond donors (Lipinski definition) is 0. The molecular weight excluding hydrogens is 314 g/mol. The number of amides is 2. The molecule has 1 saturated heterocycles. The average molecular weight is 335 g/mol. The number of ether oxygens (including phenoxy) is 2. The van der Waals surface area contributed by atoms with Crippen LogP contribution >= 0.6 is 11.8 Å². The van der Waals surface area contributed by atoms with Gasteiger partial charge in [-0.3, -0.25) is 14.5 Å². The highest BCUT2D eigenvalue weighted by Gasteiger charge is 2.37. The summed E-state index contributed by atoms with van der Waals surface area (Å²) in [6, 6.07) is 5.34. The number of hydrogen-bond acceptors (Lipinski definition) is 5. The molecule has 0 saturated carbocycles. The molecule has 1 heterocycles. The van der Waals surface area contributed by atoms with Gasteiger partial charge in [-0.2, -0.15) is 0 Å². The molecule has 0 radical (unpaired) electrons. The van der Waals surface area contributed by atoms with Crippen LogP contribution in [0.3, 0.4) is 0 Å². The average Bonchev–Trinajstić information content (AvgIpc) is 2.82. The highest BCUT2D eigenvalue weighted by Crippen LogP contribution is 2.35. The Kier molecular flexibility index (Phi) is 5.71. The van der Waals surface area contributed by atoms with Gasteiger partial charge in [0.1, 0.15) is 0 Å². The van der Waals surface area contributed by atoms with E-state index >= 15 is 0 Å². The first-order valence-electron chi connectivity index (χ1n) is 7.59. The van der Waals surface area contributed by atoms with Crippen LogP contribution in [0.5, 0.6) is 11.5 Å². The standard InChI is InChI=1S/C17H21NO4S/c1-5-11(3)18-16(19)15(23-17(18)20)10-12-7-8-13(22-6-2)14(9-12)21-4/h7-11H,5-6H2,1-4H3/b15-10+/t11-/m1/s1. The second kappa shape index (κ2) is 7.55. The molecule has 2 rings (SSSR count). The Morgan fingerprint density at radius 2 is 2.00 bits per heavy atom. The minimum atomic E-state index is -0.234. The highest BCUT2D eigenvalue weighted by molar-refractivity contribution is 8.18. The Morgan fingerprint density at radius 1 is 1.26 bits per heavy atom. The molecule has 1 fully saturated rings. The summed E-state index contributed by atoms with van der Waals surface area (Å²) in [5.74, 6) is 1.02. The second-order valence-electron chi connectivity index (χ2n) is 5.15. The van der Waals surface area contributed by atoms with Crippen LogP contribution in [-0.2, 0) is 4.79 Å². The third-order valence-electron chi connectivity index (χ3n) is 3.64. The summed E-state index contributed by atoms with van der Waals surface area (Å²) in [6.07, 6.45) is 2.45. The van der Waals surface area contributed by atoms with Crippen molar-refractivity contribution in [2.75, 3.05) is 13.7 Å². The van der Waals surface area contributed by atoms with Gasteiger partial charge in [0.25, 0.3) is 11.1 Å². The number of thioether (sulfide) groups is 1. The van der Waals surface area contributed by atoms with E-state index in [0.29, 0.717) is 23.0 Å². The summed E-state index contributed by atoms with van der Waals surface area (Å²) >= 11 is 0.975. The summed E-state index contributed by atoms with van der Waals surface area (Å²) < 4.78 is 10.8. The van der Waals surface area contributed by atoms with E-state index in [2.05, 4.69) is 0 Å². The summed E-state index contributed by atoms with van der Waals surface area (Å²) in [7, 11) is 1.57. The van der Waals surface area contributed by atoms with Crippen molar-refractivity contribution < 1.29 is 19.1 Å². The normalized spacial score (nSPS) is 17.7. The lowest BCUT2D eigenvalue weighted by molar-refractivity contribution is -0.124. The molecule has 0 N–H and O–H groups in total. The second-order valence-corrected chi connectivity index (χ2v) is 6.15. The zero-order chi connectivity index (χ0) is 17.0. The Hall–Kier alpha value is -1.95. The van der Waals surface area contributed by atoms with Gasteiger partial charge in [0.05, 0.1) is 18.6 Å². The van der Waals surface area contributed by atoms with Gasteiger partial charge >= 0.3 is 0 Å². The third kappa shape index (κ3) is 3.69. The van der Waals surface area contributed by atoms with Gasteiger partial charge in [0.15, 0.2) is 11.5 Å². The Morgan fingerprint density at radius 3 is 2.61 bits per heavy atom. The lowest BCUT2D eigenvalue weighted by Crippen LogP contribution is -2.36. The maximum Gasteiger partial charge on any atom is 0.293 e. The first-order valence-corrected chi connectivity index (χ1v) is 8.41. The van der Waals surface area contributed by atoms with Gasteiger partial charge < -0.3 is 9.47 Å². The zero-order valence-electron chi connectivity index (χ0n) is 13.8. The van der Waals surface area contributed by atoms with Crippen LogP contribution in [0.25, 0.3) is 6.08 Å². The molecule has 1 aliphatic heterocycles. The molecule has 0 bridgehead atoms. The lowest BCUT2D eigenvalue weighted by atomic mass is 10.1. The van der Waals surface area contributed by atoms with Crippen LogP contribution in [0, 0.1) is 0 Å². The molecule has 0 aromatic heterocycles. The first kappa shape index (κ1) is 17.4. The van der Waals surface area contributed by atoms with Gasteiger partial charge in [0.2, 0.25) is 0 Å². The van der Waals surface area contributed by atoms with Crippen LogP contribution in [0.1, 0.15) is 32.8 Å². The maximum atomic E-state index is 12.4. The van der Waals surface area contributed by atoms with E-state index in [9.17, 15) is 9.59 Å². The molecule has 124 valence electrons. The lowest BCUT2D eigenvalue weighted by Gasteiger charge is -2.19. The van der Waals surface area contributed by atoms with Gasteiger partial charge in [0, 0.05) is 6.04 Å². The first-order chi connectivity index (χ1) is 11.0. The number of imide groups is 1. The molecule has 1 aliphatic rings. The van der Waals surface area contributed by atoms with Gasteiger partial charge in [-0.15, -0.1) is 0 Å². The molecule has 1 atom stereocenters. The van der Waals surface area contributed by atoms with Crippen molar-refractivity contribution in [2.24, 2.45) is 0 Å². The fourth-order valence-corrected chi connectivity index (χ4v) is 3.17. The predicted molar refractivity (Wildman–Crippen MR) is 91.7 cm³/mol. The number of carbonyl (C=O) groups is 2. The maximum absolute atomic E-state index is 12.4. The molecule has 1 aromatic carbocycles. The molecule has 5 nitrogen and oxygen atoms in total. The molecule has 0 unspecified atom stereocenters. The Balaban J connectivity index is 2.28. The SMILES string of the molecule is CCOc1ccc(/C=C2/SC(=O)N([C@H](C)CC)C2=O)cc1OC. The molecule has 1 aromatic rings. The number of benzene rings is 1. The van der Waals surface area contributed by atoms with Crippen LogP contribution in [0.4, 0.5) is 4.79 Å². The molecule has 6 heteroatoms. The monoisotopic (exact) mass is 335 g/mol. The fourth-order valence-electron chi connectivity index (χ4n) is 2.24. The summed E-state index contributed by atoms with van der Waals surface area (Å²) in [6.45, 7) is 6.27. The van der Waals surface area contributed by atoms with Crippen molar-refractivity contribution in [1.82, 2.24) is 4.90 Å². The Bertz CT molecular complexity index is 641. The van der Waals surface area contributed by atoms with Crippen LogP contribution < -0.4 is 9.47 Å². The molecule has 23 heavy (non-hydrogen) atoms. The van der Waals surface area contributed by atoms with Crippen molar-refractivity contribution in [1.29, 1.82) is 0 Å². The fraction of sp³-hybridized carbons (Fsp3) is 0.412. The smallest absolute Gasteiger partial charge is 0.293 e. The van der Waals surface area contributed by atoms with E-state index in [4.69, 9.17) is 9.47 Å². The van der Waals surface area contributed by atoms with Crippen LogP contribution in [0.15, 0.2) is 23.1 Å². The number of nitrogens with zero attached hydrogens (tertiary/aromatic N) is 1. The van der Waals surface area contributed by atoms with Gasteiger partial charge in [-0.1, -0.05) is 13.0 Å². The van der Waals surface area contributed by atoms with Crippen LogP contribution in [0.2, 0.25) is 0 Å². The summed E-state index contributed by atoms with van der Waals surface area (Å²) in [4.78, 5) is 26.2. The van der Waals surface area contributed by atoms with Crippen LogP contribution in [-0.4, -0.2) is 35.8 Å². The molecule has 0 aliphatic carbocycles. The van der Waals surface area contributed by atoms with Crippen molar-refractivity contribution in [3.8, 4) is 11.5 Å². The predicted octanol–water partition coefficient (Wildman–Crippen LogP) is 3.93. The number of rotatable bonds is 6. The van der Waals surface area contributed by atoms with E-state index in [-0.39, 0.29) is 17.2 Å². The van der Waals surface area contributed by atoms with Crippen molar-refractivity contribution in [2.45, 2.75) is 33.2 Å². The number of carbonyl (C=O) groups excluding carboxylic acids is 2. The number of methoxy groups -OCH3 is 1. The van der Waals surface area contributed by atoms with Crippen molar-refractivity contribution in [3.05, 3.63) is 28.7 Å². The van der Waals surface area contributed by atoms with E-state index in [0.717, 1.165) is 23.7 Å². The zero-order valence-corrected chi connectivity index (χ0v) is 14.6. The minimum Gasteiger partial charge on any atom is -0.493 e. The topological polar surface area (TPSA) is 55.8 Å². The molecular formula is C17H21NO4S. The molecule has 2 amide bonds. The highest BCUT2D eigenvalue weighted by atomic mass is 32.2. The van der Waals surface area contributed by atoms with Gasteiger partial charge in [-0.25, -0.2) is 0 Å². The van der Waals surface area contributed by atoms with Gasteiger partial charge in [-0.05, 0) is 55.8 Å². The van der Waals surface area contributed by atoms with E-state index < -0.39 is 0 Å². The van der Waals surface area contributed by atoms with E-state index in [1.807, 2.05) is 26.8 Å². The van der Waals surface area contributed by atoms with E-state index in [1.54, 1.807) is 25.3 Å². The summed E-state index contributed by atoms with van der Waals surface area (Å²) in [5.41, 5.74) is 0.792. The van der Waals surface area contributed by atoms with E-state index in [1.165, 1.54) is 4.90 Å². The Labute approximate surface area is 140 Å². The van der Waals surface area contributed by atoms with Crippen molar-refractivity contribution in [3.63, 3.8) is 0 Å². The van der Waals surface area contributed by atoms with Crippen molar-refractivity contribution >= 4 is 29.0 Å². The quantitative estimate of drug-likeness (QED) is 0.737.